The quantitative estimate of drug-likeness (QED) is 0.394. The molecule has 22 heavy (non-hydrogen) atoms. The molecule has 0 saturated heterocycles. The molecule has 5 nitrogen and oxygen atoms in total. The summed E-state index contributed by atoms with van der Waals surface area (Å²) in [7, 11) is 1.86. The van der Waals surface area contributed by atoms with E-state index in [1.807, 2.05) is 66.2 Å². The molecular weight excluding hydrogens is 296 g/mol. The highest BCUT2D eigenvalue weighted by molar-refractivity contribution is 7.58. The number of aromatic nitrogens is 4. The van der Waals surface area contributed by atoms with Crippen LogP contribution < -0.4 is 10.1 Å². The SMILES string of the molecule is C[n+]1c2ccccc2n2nc([S-])n(-c3ccccc3)c(=O)c21. The summed E-state index contributed by atoms with van der Waals surface area (Å²) in [6.45, 7) is 0. The van der Waals surface area contributed by atoms with E-state index in [0.717, 1.165) is 16.7 Å². The maximum Gasteiger partial charge on any atom is 0.375 e. The van der Waals surface area contributed by atoms with Gasteiger partial charge in [0.1, 0.15) is 0 Å². The van der Waals surface area contributed by atoms with E-state index in [4.69, 9.17) is 12.6 Å². The molecule has 6 heteroatoms. The van der Waals surface area contributed by atoms with Crippen LogP contribution in [0.15, 0.2) is 64.5 Å². The number of hydrogen-bond acceptors (Lipinski definition) is 3. The topological polar surface area (TPSA) is 43.2 Å². The molecule has 0 amide bonds. The lowest BCUT2D eigenvalue weighted by Crippen LogP contribution is -2.37. The average molecular weight is 308 g/mol. The van der Waals surface area contributed by atoms with Crippen LogP contribution in [-0.2, 0) is 19.7 Å². The lowest BCUT2D eigenvalue weighted by atomic mass is 10.3. The lowest BCUT2D eigenvalue weighted by Gasteiger charge is -2.13. The van der Waals surface area contributed by atoms with Crippen LogP contribution in [0, 0.1) is 0 Å². The van der Waals surface area contributed by atoms with Crippen molar-refractivity contribution in [3.63, 3.8) is 0 Å². The summed E-state index contributed by atoms with van der Waals surface area (Å²) >= 11 is 5.34. The fourth-order valence-electron chi connectivity index (χ4n) is 2.75. The Hall–Kier alpha value is -2.73. The van der Waals surface area contributed by atoms with E-state index in [9.17, 15) is 4.79 Å². The molecule has 4 rings (SSSR count). The van der Waals surface area contributed by atoms with Crippen LogP contribution in [0.4, 0.5) is 0 Å². The van der Waals surface area contributed by atoms with Gasteiger partial charge in [0.05, 0.1) is 7.05 Å². The first-order valence-corrected chi connectivity index (χ1v) is 7.24. The molecule has 0 unspecified atom stereocenters. The van der Waals surface area contributed by atoms with Crippen molar-refractivity contribution in [2.75, 3.05) is 0 Å². The maximum absolute atomic E-state index is 13.0. The Balaban J connectivity index is 2.21. The molecule has 2 heterocycles. The molecule has 0 bridgehead atoms. The Morgan fingerprint density at radius 3 is 2.50 bits per heavy atom. The van der Waals surface area contributed by atoms with E-state index >= 15 is 0 Å². The fraction of sp³-hybridized carbons (Fsp3) is 0.0625. The molecular formula is C16H12N4OS. The van der Waals surface area contributed by atoms with Gasteiger partial charge < -0.3 is 12.6 Å². The Kier molecular flexibility index (Phi) is 2.74. The first-order valence-electron chi connectivity index (χ1n) is 6.83. The van der Waals surface area contributed by atoms with Gasteiger partial charge in [-0.25, -0.2) is 4.57 Å². The van der Waals surface area contributed by atoms with Gasteiger partial charge >= 0.3 is 11.2 Å². The van der Waals surface area contributed by atoms with Gasteiger partial charge in [-0.15, -0.1) is 0 Å². The third-order valence-electron chi connectivity index (χ3n) is 3.78. The van der Waals surface area contributed by atoms with Crippen molar-refractivity contribution in [3.05, 3.63) is 65.0 Å². The molecule has 0 aliphatic carbocycles. The van der Waals surface area contributed by atoms with Gasteiger partial charge in [-0.2, -0.15) is 0 Å². The average Bonchev–Trinajstić information content (AvgIpc) is 2.82. The van der Waals surface area contributed by atoms with Gasteiger partial charge in [0.2, 0.25) is 5.52 Å². The number of para-hydroxylation sites is 3. The summed E-state index contributed by atoms with van der Waals surface area (Å²) in [6.07, 6.45) is 0. The van der Waals surface area contributed by atoms with Crippen molar-refractivity contribution >= 4 is 29.3 Å². The molecule has 2 aromatic heterocycles. The molecule has 0 atom stereocenters. The van der Waals surface area contributed by atoms with Crippen LogP contribution in [0.5, 0.6) is 0 Å². The molecule has 2 aromatic carbocycles. The van der Waals surface area contributed by atoms with Crippen molar-refractivity contribution in [2.24, 2.45) is 7.05 Å². The largest absolute Gasteiger partial charge is 0.738 e. The maximum atomic E-state index is 13.0. The zero-order valence-electron chi connectivity index (χ0n) is 11.8. The molecule has 108 valence electrons. The zero-order valence-corrected chi connectivity index (χ0v) is 12.6. The molecule has 0 spiro atoms. The Labute approximate surface area is 131 Å². The van der Waals surface area contributed by atoms with Crippen molar-refractivity contribution in [2.45, 2.75) is 5.16 Å². The second-order valence-electron chi connectivity index (χ2n) is 5.04. The van der Waals surface area contributed by atoms with Crippen LogP contribution in [0.3, 0.4) is 0 Å². The number of nitrogens with zero attached hydrogens (tertiary/aromatic N) is 4. The Morgan fingerprint density at radius 1 is 1.05 bits per heavy atom. The van der Waals surface area contributed by atoms with Gasteiger partial charge in [-0.1, -0.05) is 39.9 Å². The number of imidazole rings is 1. The summed E-state index contributed by atoms with van der Waals surface area (Å²) in [4.78, 5) is 13.0. The van der Waals surface area contributed by atoms with Gasteiger partial charge in [0.25, 0.3) is 0 Å². The van der Waals surface area contributed by atoms with E-state index in [1.54, 1.807) is 4.52 Å². The summed E-state index contributed by atoms with van der Waals surface area (Å²) in [6, 6.07) is 17.1. The molecule has 4 aromatic rings. The van der Waals surface area contributed by atoms with Crippen LogP contribution >= 0.6 is 0 Å². The molecule has 0 aliphatic rings. The number of fused-ring (bicyclic) bond motifs is 3. The standard InChI is InChI=1S/C16H12N4OS/c1-18-12-9-5-6-10-13(12)20-14(18)15(21)19(16(22)17-20)11-7-3-2-4-8-11/h2-10H,1H3. The van der Waals surface area contributed by atoms with Crippen LogP contribution in [0.2, 0.25) is 0 Å². The van der Waals surface area contributed by atoms with E-state index in [-0.39, 0.29) is 10.7 Å². The highest BCUT2D eigenvalue weighted by Gasteiger charge is 2.22. The number of rotatable bonds is 1. The van der Waals surface area contributed by atoms with Crippen molar-refractivity contribution in [1.29, 1.82) is 0 Å². The molecule has 0 aliphatic heterocycles. The molecule has 0 N–H and O–H groups in total. The normalized spacial score (nSPS) is 11.3. The smallest absolute Gasteiger partial charge is 0.375 e. The highest BCUT2D eigenvalue weighted by Crippen LogP contribution is 2.13. The minimum absolute atomic E-state index is 0.176. The first kappa shape index (κ1) is 13.0. The molecule has 0 saturated carbocycles. The monoisotopic (exact) mass is 308 g/mol. The van der Waals surface area contributed by atoms with Gasteiger partial charge in [0.15, 0.2) is 5.52 Å². The Morgan fingerprint density at radius 2 is 1.73 bits per heavy atom. The second-order valence-corrected chi connectivity index (χ2v) is 5.41. The van der Waals surface area contributed by atoms with Crippen molar-refractivity contribution in [1.82, 2.24) is 14.2 Å². The predicted octanol–water partition coefficient (Wildman–Crippen LogP) is 1.37. The van der Waals surface area contributed by atoms with E-state index in [1.165, 1.54) is 4.57 Å². The molecule has 0 radical (unpaired) electrons. The summed E-state index contributed by atoms with van der Waals surface area (Å²) in [5.74, 6) is 0. The minimum atomic E-state index is -0.176. The summed E-state index contributed by atoms with van der Waals surface area (Å²) in [5.41, 5.74) is 2.83. The first-order chi connectivity index (χ1) is 10.7. The minimum Gasteiger partial charge on any atom is -0.738 e. The molecule has 0 fully saturated rings. The number of benzene rings is 2. The number of aryl methyl sites for hydroxylation is 1. The fourth-order valence-corrected chi connectivity index (χ4v) is 3.02. The third-order valence-corrected chi connectivity index (χ3v) is 4.04. The predicted molar refractivity (Wildman–Crippen MR) is 85.1 cm³/mol. The summed E-state index contributed by atoms with van der Waals surface area (Å²) < 4.78 is 4.93. The lowest BCUT2D eigenvalue weighted by molar-refractivity contribution is -0.619. The third kappa shape index (κ3) is 1.67. The van der Waals surface area contributed by atoms with Gasteiger partial charge in [-0.3, -0.25) is 9.36 Å². The van der Waals surface area contributed by atoms with E-state index < -0.39 is 0 Å². The van der Waals surface area contributed by atoms with Gasteiger partial charge in [-0.05, 0) is 24.3 Å². The van der Waals surface area contributed by atoms with E-state index in [0.29, 0.717) is 5.65 Å². The van der Waals surface area contributed by atoms with Crippen molar-refractivity contribution in [3.8, 4) is 5.69 Å². The number of hydrogen-bond donors (Lipinski definition) is 0. The highest BCUT2D eigenvalue weighted by atomic mass is 32.1. The Bertz CT molecular complexity index is 1070. The van der Waals surface area contributed by atoms with Crippen molar-refractivity contribution < 1.29 is 4.57 Å². The van der Waals surface area contributed by atoms with Gasteiger partial charge in [0, 0.05) is 10.8 Å². The van der Waals surface area contributed by atoms with Crippen LogP contribution in [0.25, 0.3) is 22.4 Å². The van der Waals surface area contributed by atoms with Crippen LogP contribution in [0.1, 0.15) is 0 Å². The second kappa shape index (κ2) is 4.64. The summed E-state index contributed by atoms with van der Waals surface area (Å²) in [5, 5.41) is 4.68. The zero-order chi connectivity index (χ0) is 15.3. The van der Waals surface area contributed by atoms with E-state index in [2.05, 4.69) is 5.10 Å². The van der Waals surface area contributed by atoms with Crippen LogP contribution in [-0.4, -0.2) is 14.2 Å².